The third-order valence-corrected chi connectivity index (χ3v) is 7.26. The van der Waals surface area contributed by atoms with Gasteiger partial charge in [-0.2, -0.15) is 0 Å². The number of rotatable bonds is 8. The van der Waals surface area contributed by atoms with Crippen molar-refractivity contribution in [3.63, 3.8) is 0 Å². The zero-order valence-corrected chi connectivity index (χ0v) is 21.3. The standard InChI is InChI=1S/C19H24N7O12P.H3N/c20-15-10-16(22-5-21-15)26(6-23-10)18-14(12(30)7(3-27)36-18)38-39(33,34)35-4-8-11(29)13(31)17(37-8)25-2-1-9(28)24-19(25)32;/h1-2,5-8,11-14,17-18,27,29-31H,3-4H2,(H,33,34)(H2,20,21,22)(H,24,28,32);1H3. The van der Waals surface area contributed by atoms with Gasteiger partial charge in [-0.15, -0.1) is 0 Å². The van der Waals surface area contributed by atoms with Gasteiger partial charge in [0.2, 0.25) is 0 Å². The molecule has 2 aliphatic heterocycles. The number of aliphatic hydroxyl groups excluding tert-OH is 4. The fourth-order valence-electron chi connectivity index (χ4n) is 4.34. The number of aromatic amines is 1. The van der Waals surface area contributed by atoms with E-state index in [1.54, 1.807) is 0 Å². The Morgan fingerprint density at radius 2 is 1.77 bits per heavy atom. The number of fused-ring (bicyclic) bond motifs is 1. The lowest BCUT2D eigenvalue weighted by Gasteiger charge is -2.24. The molecule has 2 saturated heterocycles. The molecule has 5 rings (SSSR count). The number of H-pyrrole nitrogens is 1. The van der Waals surface area contributed by atoms with Crippen molar-refractivity contribution in [3.8, 4) is 0 Å². The van der Waals surface area contributed by atoms with Gasteiger partial charge >= 0.3 is 13.5 Å². The number of nitrogens with zero attached hydrogens (tertiary/aromatic N) is 5. The summed E-state index contributed by atoms with van der Waals surface area (Å²) in [5.41, 5.74) is 4.52. The molecule has 5 heterocycles. The molecular weight excluding hydrogens is 563 g/mol. The van der Waals surface area contributed by atoms with Crippen LogP contribution in [0.15, 0.2) is 34.5 Å². The molecule has 0 amide bonds. The largest absolute Gasteiger partial charge is 0.472 e. The van der Waals surface area contributed by atoms with E-state index in [0.29, 0.717) is 0 Å². The number of hydrogen-bond donors (Lipinski definition) is 8. The van der Waals surface area contributed by atoms with Crippen LogP contribution in [-0.2, 0) is 23.1 Å². The first kappa shape index (κ1) is 29.8. The van der Waals surface area contributed by atoms with E-state index in [-0.39, 0.29) is 23.1 Å². The number of imidazole rings is 1. The number of anilines is 1. The van der Waals surface area contributed by atoms with Gasteiger partial charge in [-0.3, -0.25) is 28.0 Å². The summed E-state index contributed by atoms with van der Waals surface area (Å²) in [6, 6.07) is 0.998. The minimum Gasteiger partial charge on any atom is -0.394 e. The molecule has 0 saturated carbocycles. The Balaban J connectivity index is 0.00000370. The first-order valence-corrected chi connectivity index (χ1v) is 12.9. The van der Waals surface area contributed by atoms with E-state index in [2.05, 4.69) is 15.0 Å². The lowest BCUT2D eigenvalue weighted by atomic mass is 10.1. The number of nitrogens with two attached hydrogens (primary N) is 1. The summed E-state index contributed by atoms with van der Waals surface area (Å²) in [7, 11) is -5.03. The molecular formula is C19H27N8O12P. The molecule has 40 heavy (non-hydrogen) atoms. The van der Waals surface area contributed by atoms with Crippen LogP contribution >= 0.6 is 7.82 Å². The van der Waals surface area contributed by atoms with Crippen molar-refractivity contribution in [2.75, 3.05) is 18.9 Å². The minimum atomic E-state index is -5.03. The summed E-state index contributed by atoms with van der Waals surface area (Å²) in [5, 5.41) is 40.9. The van der Waals surface area contributed by atoms with Crippen LogP contribution in [0.1, 0.15) is 12.5 Å². The molecule has 2 aliphatic rings. The van der Waals surface area contributed by atoms with Crippen LogP contribution in [-0.4, -0.2) is 104 Å². The van der Waals surface area contributed by atoms with Gasteiger partial charge < -0.3 is 46.7 Å². The number of nitrogens with one attached hydrogen (secondary N) is 1. The highest BCUT2D eigenvalue weighted by Crippen LogP contribution is 2.50. The van der Waals surface area contributed by atoms with Crippen molar-refractivity contribution in [1.82, 2.24) is 35.2 Å². The van der Waals surface area contributed by atoms with Gasteiger partial charge in [0.05, 0.1) is 19.5 Å². The molecule has 0 aliphatic carbocycles. The van der Waals surface area contributed by atoms with Gasteiger partial charge in [-0.25, -0.2) is 24.3 Å². The second-order valence-corrected chi connectivity index (χ2v) is 10.1. The van der Waals surface area contributed by atoms with Crippen LogP contribution in [0.5, 0.6) is 0 Å². The quantitative estimate of drug-likeness (QED) is 0.118. The maximum atomic E-state index is 12.8. The lowest BCUT2D eigenvalue weighted by Crippen LogP contribution is -2.37. The number of aliphatic hydroxyl groups is 4. The SMILES string of the molecule is N.Nc1ncnc2c1ncn2C1OC(CO)C(O)C1OP(=O)(O)OCC1OC(n2ccc(=O)[nH]c2=O)C(O)C1O. The molecule has 2 fully saturated rings. The van der Waals surface area contributed by atoms with Gasteiger partial charge in [-0.05, 0) is 0 Å². The Kier molecular flexibility index (Phi) is 8.49. The van der Waals surface area contributed by atoms with E-state index >= 15 is 0 Å². The van der Waals surface area contributed by atoms with Crippen LogP contribution in [0.2, 0.25) is 0 Å². The molecule has 0 aromatic carbocycles. The molecule has 0 spiro atoms. The summed E-state index contributed by atoms with van der Waals surface area (Å²) in [5.74, 6) is 0.0457. The molecule has 3 aromatic heterocycles. The summed E-state index contributed by atoms with van der Waals surface area (Å²) >= 11 is 0. The van der Waals surface area contributed by atoms with Crippen LogP contribution in [0.3, 0.4) is 0 Å². The molecule has 3 aromatic rings. The molecule has 220 valence electrons. The Hall–Kier alpha value is -3.14. The maximum Gasteiger partial charge on any atom is 0.472 e. The maximum absolute atomic E-state index is 12.8. The van der Waals surface area contributed by atoms with Crippen molar-refractivity contribution >= 4 is 24.8 Å². The van der Waals surface area contributed by atoms with Crippen molar-refractivity contribution in [3.05, 3.63) is 45.8 Å². The Morgan fingerprint density at radius 1 is 1.05 bits per heavy atom. The minimum absolute atomic E-state index is 0. The molecule has 0 radical (unpaired) electrons. The van der Waals surface area contributed by atoms with E-state index in [0.717, 1.165) is 23.2 Å². The highest BCUT2D eigenvalue weighted by atomic mass is 31.2. The summed E-state index contributed by atoms with van der Waals surface area (Å²) in [6.07, 6.45) is -8.47. The van der Waals surface area contributed by atoms with Crippen molar-refractivity contribution < 1.29 is 48.4 Å². The van der Waals surface area contributed by atoms with Gasteiger partial charge in [0.1, 0.15) is 48.5 Å². The third kappa shape index (κ3) is 5.42. The first-order valence-electron chi connectivity index (χ1n) is 11.4. The zero-order valence-electron chi connectivity index (χ0n) is 20.4. The van der Waals surface area contributed by atoms with Gasteiger partial charge in [0, 0.05) is 12.3 Å². The van der Waals surface area contributed by atoms with E-state index in [1.807, 2.05) is 4.98 Å². The van der Waals surface area contributed by atoms with Crippen LogP contribution in [0.25, 0.3) is 11.2 Å². The fraction of sp³-hybridized carbons (Fsp3) is 0.526. The first-order chi connectivity index (χ1) is 18.5. The third-order valence-electron chi connectivity index (χ3n) is 6.27. The number of phosphoric acid groups is 1. The number of phosphoric ester groups is 1. The Bertz CT molecular complexity index is 1510. The second kappa shape index (κ2) is 11.4. The van der Waals surface area contributed by atoms with Crippen LogP contribution in [0.4, 0.5) is 5.82 Å². The lowest BCUT2D eigenvalue weighted by molar-refractivity contribution is -0.0636. The topological polar surface area (TPSA) is 315 Å². The van der Waals surface area contributed by atoms with E-state index < -0.39 is 81.4 Å². The van der Waals surface area contributed by atoms with Gasteiger partial charge in [0.25, 0.3) is 5.56 Å². The molecule has 11 N–H and O–H groups in total. The van der Waals surface area contributed by atoms with Crippen LogP contribution in [0, 0.1) is 0 Å². The second-order valence-electron chi connectivity index (χ2n) is 8.72. The predicted molar refractivity (Wildman–Crippen MR) is 130 cm³/mol. The number of hydrogen-bond acceptors (Lipinski definition) is 16. The van der Waals surface area contributed by atoms with Gasteiger partial charge in [-0.1, -0.05) is 0 Å². The monoisotopic (exact) mass is 590 g/mol. The van der Waals surface area contributed by atoms with Crippen molar-refractivity contribution in [2.24, 2.45) is 0 Å². The fourth-order valence-corrected chi connectivity index (χ4v) is 5.27. The highest BCUT2D eigenvalue weighted by molar-refractivity contribution is 7.47. The highest BCUT2D eigenvalue weighted by Gasteiger charge is 2.50. The van der Waals surface area contributed by atoms with Crippen LogP contribution < -0.4 is 23.1 Å². The van der Waals surface area contributed by atoms with Crippen molar-refractivity contribution in [2.45, 2.75) is 49.1 Å². The van der Waals surface area contributed by atoms with Gasteiger partial charge in [0.15, 0.2) is 23.9 Å². The number of nitrogen functional groups attached to an aromatic ring is 1. The Morgan fingerprint density at radius 3 is 2.48 bits per heavy atom. The molecule has 9 atom stereocenters. The summed E-state index contributed by atoms with van der Waals surface area (Å²) in [4.78, 5) is 47.7. The molecule has 0 bridgehead atoms. The summed E-state index contributed by atoms with van der Waals surface area (Å²) in [6.45, 7) is -1.46. The average molecular weight is 590 g/mol. The number of ether oxygens (including phenoxy) is 2. The zero-order chi connectivity index (χ0) is 28.1. The number of aromatic nitrogens is 6. The van der Waals surface area contributed by atoms with E-state index in [4.69, 9.17) is 24.3 Å². The van der Waals surface area contributed by atoms with E-state index in [1.165, 1.54) is 10.9 Å². The van der Waals surface area contributed by atoms with Crippen molar-refractivity contribution in [1.29, 1.82) is 0 Å². The smallest absolute Gasteiger partial charge is 0.394 e. The average Bonchev–Trinajstić information content (AvgIpc) is 3.53. The van der Waals surface area contributed by atoms with E-state index in [9.17, 15) is 39.5 Å². The molecule has 9 unspecified atom stereocenters. The summed E-state index contributed by atoms with van der Waals surface area (Å²) < 4.78 is 36.2. The normalized spacial score (nSPS) is 31.7. The molecule has 20 nitrogen and oxygen atoms in total. The molecule has 21 heteroatoms. The predicted octanol–water partition coefficient (Wildman–Crippen LogP) is -3.51. The Labute approximate surface area is 222 Å².